The van der Waals surface area contributed by atoms with Crippen molar-refractivity contribution in [1.82, 2.24) is 0 Å². The first-order chi connectivity index (χ1) is 9.92. The number of ether oxygens (including phenoxy) is 1. The predicted molar refractivity (Wildman–Crippen MR) is 86.1 cm³/mol. The van der Waals surface area contributed by atoms with Gasteiger partial charge in [-0.05, 0) is 62.6 Å². The van der Waals surface area contributed by atoms with Crippen LogP contribution in [0.4, 0.5) is 0 Å². The van der Waals surface area contributed by atoms with Gasteiger partial charge >= 0.3 is 0 Å². The molecule has 0 bridgehead atoms. The van der Waals surface area contributed by atoms with E-state index in [0.717, 1.165) is 30.1 Å². The van der Waals surface area contributed by atoms with E-state index in [1.54, 1.807) is 0 Å². The predicted octanol–water partition coefficient (Wildman–Crippen LogP) is 5.04. The SMILES string of the molecule is CCCc1cc(O)c2c(c1)OC(C)(C)[C@@H]1CC[C@H](C)C[C@@H]21. The number of aryl methyl sites for hydroxylation is 1. The highest BCUT2D eigenvalue weighted by Crippen LogP contribution is 2.55. The quantitative estimate of drug-likeness (QED) is 0.826. The van der Waals surface area contributed by atoms with E-state index < -0.39 is 0 Å². The molecule has 116 valence electrons. The Bertz CT molecular complexity index is 533. The Balaban J connectivity index is 2.07. The summed E-state index contributed by atoms with van der Waals surface area (Å²) in [6, 6.07) is 4.12. The third-order valence-electron chi connectivity index (χ3n) is 5.47. The van der Waals surface area contributed by atoms with Crippen molar-refractivity contribution in [3.63, 3.8) is 0 Å². The van der Waals surface area contributed by atoms with Crippen molar-refractivity contribution in [3.8, 4) is 11.5 Å². The Morgan fingerprint density at radius 1 is 1.29 bits per heavy atom. The van der Waals surface area contributed by atoms with Gasteiger partial charge in [-0.25, -0.2) is 0 Å². The van der Waals surface area contributed by atoms with E-state index in [1.165, 1.54) is 24.8 Å². The van der Waals surface area contributed by atoms with E-state index >= 15 is 0 Å². The highest BCUT2D eigenvalue weighted by molar-refractivity contribution is 5.52. The summed E-state index contributed by atoms with van der Waals surface area (Å²) in [6.07, 6.45) is 5.73. The molecule has 0 aromatic heterocycles. The van der Waals surface area contributed by atoms with Crippen LogP contribution in [0, 0.1) is 11.8 Å². The number of phenols is 1. The molecular formula is C19H28O2. The van der Waals surface area contributed by atoms with Crippen molar-refractivity contribution >= 4 is 0 Å². The van der Waals surface area contributed by atoms with Crippen molar-refractivity contribution in [2.24, 2.45) is 11.8 Å². The lowest BCUT2D eigenvalue weighted by Gasteiger charge is -2.48. The second-order valence-corrected chi connectivity index (χ2v) is 7.61. The fourth-order valence-electron chi connectivity index (χ4n) is 4.45. The van der Waals surface area contributed by atoms with Gasteiger partial charge in [0.25, 0.3) is 0 Å². The normalized spacial score (nSPS) is 30.2. The van der Waals surface area contributed by atoms with E-state index in [-0.39, 0.29) is 5.60 Å². The van der Waals surface area contributed by atoms with Crippen molar-refractivity contribution in [2.45, 2.75) is 71.3 Å². The monoisotopic (exact) mass is 288 g/mol. The van der Waals surface area contributed by atoms with Crippen LogP contribution in [0.2, 0.25) is 0 Å². The van der Waals surface area contributed by atoms with Gasteiger partial charge in [0.2, 0.25) is 0 Å². The highest BCUT2D eigenvalue weighted by Gasteiger charge is 2.46. The zero-order valence-electron chi connectivity index (χ0n) is 13.8. The minimum atomic E-state index is -0.130. The second-order valence-electron chi connectivity index (χ2n) is 7.61. The third-order valence-corrected chi connectivity index (χ3v) is 5.47. The van der Waals surface area contributed by atoms with Crippen LogP contribution in [0.25, 0.3) is 0 Å². The van der Waals surface area contributed by atoms with Crippen LogP contribution in [-0.4, -0.2) is 10.7 Å². The standard InChI is InChI=1S/C19H28O2/c1-5-6-13-10-16(20)18-14-9-12(2)7-8-15(14)19(3,4)21-17(18)11-13/h10-12,14-15,20H,5-9H2,1-4H3/t12-,14+,15+/m0/s1. The maximum Gasteiger partial charge on any atom is 0.127 e. The molecule has 1 aromatic carbocycles. The van der Waals surface area contributed by atoms with Crippen LogP contribution in [0.5, 0.6) is 11.5 Å². The Morgan fingerprint density at radius 3 is 2.76 bits per heavy atom. The lowest BCUT2D eigenvalue weighted by atomic mass is 9.64. The van der Waals surface area contributed by atoms with Gasteiger partial charge in [0.05, 0.1) is 0 Å². The molecule has 1 heterocycles. The van der Waals surface area contributed by atoms with E-state index in [4.69, 9.17) is 4.74 Å². The molecule has 21 heavy (non-hydrogen) atoms. The molecule has 0 radical (unpaired) electrons. The Hall–Kier alpha value is -1.18. The number of rotatable bonds is 2. The van der Waals surface area contributed by atoms with Crippen LogP contribution in [0.15, 0.2) is 12.1 Å². The van der Waals surface area contributed by atoms with E-state index in [0.29, 0.717) is 17.6 Å². The van der Waals surface area contributed by atoms with E-state index in [2.05, 4.69) is 33.8 Å². The Kier molecular flexibility index (Phi) is 3.67. The van der Waals surface area contributed by atoms with Crippen LogP contribution in [0.1, 0.15) is 70.4 Å². The van der Waals surface area contributed by atoms with Gasteiger partial charge in [0, 0.05) is 11.5 Å². The zero-order chi connectivity index (χ0) is 15.2. The molecule has 2 aliphatic rings. The average molecular weight is 288 g/mol. The fraction of sp³-hybridized carbons (Fsp3) is 0.684. The van der Waals surface area contributed by atoms with Crippen LogP contribution < -0.4 is 4.74 Å². The number of fused-ring (bicyclic) bond motifs is 3. The fourth-order valence-corrected chi connectivity index (χ4v) is 4.45. The van der Waals surface area contributed by atoms with Crippen molar-refractivity contribution in [1.29, 1.82) is 0 Å². The molecule has 3 atom stereocenters. The Morgan fingerprint density at radius 2 is 2.05 bits per heavy atom. The summed E-state index contributed by atoms with van der Waals surface area (Å²) >= 11 is 0. The van der Waals surface area contributed by atoms with Crippen LogP contribution in [-0.2, 0) is 6.42 Å². The number of benzene rings is 1. The summed E-state index contributed by atoms with van der Waals surface area (Å²) in [5.41, 5.74) is 2.13. The number of aromatic hydroxyl groups is 1. The molecule has 1 aromatic rings. The number of hydrogen-bond acceptors (Lipinski definition) is 2. The molecule has 1 N–H and O–H groups in total. The maximum atomic E-state index is 10.6. The number of hydrogen-bond donors (Lipinski definition) is 1. The van der Waals surface area contributed by atoms with Gasteiger partial charge in [-0.3, -0.25) is 0 Å². The smallest absolute Gasteiger partial charge is 0.127 e. The van der Waals surface area contributed by atoms with Gasteiger partial charge in [-0.1, -0.05) is 26.7 Å². The summed E-state index contributed by atoms with van der Waals surface area (Å²) in [5.74, 6) is 3.09. The topological polar surface area (TPSA) is 29.5 Å². The van der Waals surface area contributed by atoms with Crippen LogP contribution in [0.3, 0.4) is 0 Å². The zero-order valence-corrected chi connectivity index (χ0v) is 13.8. The lowest BCUT2D eigenvalue weighted by Crippen LogP contribution is -2.46. The van der Waals surface area contributed by atoms with Gasteiger partial charge < -0.3 is 9.84 Å². The minimum Gasteiger partial charge on any atom is -0.508 e. The van der Waals surface area contributed by atoms with Crippen LogP contribution >= 0.6 is 0 Å². The molecule has 1 fully saturated rings. The molecule has 2 heteroatoms. The molecule has 1 aliphatic heterocycles. The summed E-state index contributed by atoms with van der Waals surface area (Å²) < 4.78 is 6.33. The lowest BCUT2D eigenvalue weighted by molar-refractivity contribution is -0.0145. The first-order valence-electron chi connectivity index (χ1n) is 8.47. The van der Waals surface area contributed by atoms with E-state index in [9.17, 15) is 5.11 Å². The summed E-state index contributed by atoms with van der Waals surface area (Å²) in [7, 11) is 0. The van der Waals surface area contributed by atoms with Gasteiger partial charge in [0.15, 0.2) is 0 Å². The average Bonchev–Trinajstić information content (AvgIpc) is 2.37. The number of phenolic OH excluding ortho intramolecular Hbond substituents is 1. The summed E-state index contributed by atoms with van der Waals surface area (Å²) in [4.78, 5) is 0. The molecule has 0 saturated heterocycles. The largest absolute Gasteiger partial charge is 0.508 e. The molecule has 0 spiro atoms. The third kappa shape index (κ3) is 2.54. The minimum absolute atomic E-state index is 0.130. The van der Waals surface area contributed by atoms with Gasteiger partial charge in [-0.2, -0.15) is 0 Å². The molecule has 3 rings (SSSR count). The van der Waals surface area contributed by atoms with E-state index in [1.807, 2.05) is 6.07 Å². The molecule has 0 unspecified atom stereocenters. The van der Waals surface area contributed by atoms with Crippen molar-refractivity contribution in [2.75, 3.05) is 0 Å². The van der Waals surface area contributed by atoms with Crippen molar-refractivity contribution < 1.29 is 9.84 Å². The molecule has 1 saturated carbocycles. The first-order valence-corrected chi connectivity index (χ1v) is 8.47. The molecular weight excluding hydrogens is 260 g/mol. The summed E-state index contributed by atoms with van der Waals surface area (Å²) in [5, 5.41) is 10.6. The van der Waals surface area contributed by atoms with Crippen molar-refractivity contribution in [3.05, 3.63) is 23.3 Å². The molecule has 2 nitrogen and oxygen atoms in total. The molecule has 1 aliphatic carbocycles. The Labute approximate surface area is 128 Å². The first kappa shape index (κ1) is 14.7. The molecule has 0 amide bonds. The second kappa shape index (κ2) is 5.23. The highest BCUT2D eigenvalue weighted by atomic mass is 16.5. The van der Waals surface area contributed by atoms with Gasteiger partial charge in [-0.15, -0.1) is 0 Å². The van der Waals surface area contributed by atoms with Gasteiger partial charge in [0.1, 0.15) is 17.1 Å². The summed E-state index contributed by atoms with van der Waals surface area (Å²) in [6.45, 7) is 8.93. The maximum absolute atomic E-state index is 10.6.